The standard InChI is InChI=1S/C24H19BrN4O2/c1-13-9-10-16(25)19(11-13)29-18-7-4-8-20(30)21(18)24(15(12-26)22(29)27)14-5-2-3-6-17(14)28-23(24)31/h2-3,5-6,9-11H,4,7-8,27H2,1H3,(H,28,31). The van der Waals surface area contributed by atoms with Gasteiger partial charge in [-0.05, 0) is 59.5 Å². The van der Waals surface area contributed by atoms with Crippen LogP contribution in [0.2, 0.25) is 0 Å². The molecule has 0 saturated carbocycles. The minimum Gasteiger partial charge on any atom is -0.384 e. The van der Waals surface area contributed by atoms with Crippen molar-refractivity contribution in [3.8, 4) is 6.07 Å². The maximum atomic E-state index is 13.5. The third kappa shape index (κ3) is 2.48. The minimum atomic E-state index is -1.52. The number of halogens is 1. The minimum absolute atomic E-state index is 0.0809. The summed E-state index contributed by atoms with van der Waals surface area (Å²) < 4.78 is 0.787. The first-order chi connectivity index (χ1) is 14.9. The number of Topliss-reactive ketones (excluding diaryl/α,β-unsaturated/α-hetero) is 1. The first kappa shape index (κ1) is 19.6. The van der Waals surface area contributed by atoms with Crippen molar-refractivity contribution in [2.75, 3.05) is 10.2 Å². The highest BCUT2D eigenvalue weighted by atomic mass is 79.9. The van der Waals surface area contributed by atoms with E-state index in [1.807, 2.05) is 37.3 Å². The Hall–Kier alpha value is -3.37. The second kappa shape index (κ2) is 6.82. The maximum absolute atomic E-state index is 13.5. The summed E-state index contributed by atoms with van der Waals surface area (Å²) in [5.74, 6) is -0.352. The van der Waals surface area contributed by atoms with Crippen LogP contribution in [0.5, 0.6) is 0 Å². The van der Waals surface area contributed by atoms with Crippen molar-refractivity contribution in [3.63, 3.8) is 0 Å². The molecule has 2 aromatic rings. The molecule has 0 aromatic heterocycles. The van der Waals surface area contributed by atoms with Gasteiger partial charge in [0, 0.05) is 33.4 Å². The third-order valence-electron chi connectivity index (χ3n) is 6.28. The fourth-order valence-electron chi connectivity index (χ4n) is 5.02. The van der Waals surface area contributed by atoms with Gasteiger partial charge in [0.1, 0.15) is 17.3 Å². The molecule has 1 atom stereocenters. The van der Waals surface area contributed by atoms with Crippen molar-refractivity contribution in [1.82, 2.24) is 0 Å². The Labute approximate surface area is 188 Å². The molecule has 1 aliphatic carbocycles. The molecule has 0 radical (unpaired) electrons. The van der Waals surface area contributed by atoms with Gasteiger partial charge in [0.2, 0.25) is 5.91 Å². The average molecular weight is 475 g/mol. The molecule has 154 valence electrons. The molecule has 1 spiro atoms. The fraction of sp³-hybridized carbons (Fsp3) is 0.208. The second-order valence-corrected chi connectivity index (χ2v) is 8.86. The number of para-hydroxylation sites is 1. The molecule has 0 fully saturated rings. The van der Waals surface area contributed by atoms with E-state index in [1.165, 1.54) is 0 Å². The summed E-state index contributed by atoms with van der Waals surface area (Å²) in [5, 5.41) is 13.1. The van der Waals surface area contributed by atoms with Crippen LogP contribution in [0.3, 0.4) is 0 Å². The number of nitrogens with zero attached hydrogens (tertiary/aromatic N) is 2. The van der Waals surface area contributed by atoms with Gasteiger partial charge in [-0.2, -0.15) is 5.26 Å². The van der Waals surface area contributed by atoms with Crippen LogP contribution in [-0.4, -0.2) is 11.7 Å². The molecule has 0 saturated heterocycles. The van der Waals surface area contributed by atoms with Crippen LogP contribution >= 0.6 is 15.9 Å². The summed E-state index contributed by atoms with van der Waals surface area (Å²) >= 11 is 3.59. The lowest BCUT2D eigenvalue weighted by molar-refractivity contribution is -0.122. The number of ketones is 1. The smallest absolute Gasteiger partial charge is 0.245 e. The number of aryl methyl sites for hydroxylation is 1. The number of allylic oxidation sites excluding steroid dienone is 1. The van der Waals surface area contributed by atoms with E-state index < -0.39 is 11.3 Å². The lowest BCUT2D eigenvalue weighted by Gasteiger charge is -2.43. The molecule has 1 amide bonds. The second-order valence-electron chi connectivity index (χ2n) is 8.01. The highest BCUT2D eigenvalue weighted by Crippen LogP contribution is 2.55. The van der Waals surface area contributed by atoms with Gasteiger partial charge in [0.15, 0.2) is 5.78 Å². The molecule has 3 N–H and O–H groups in total. The fourth-order valence-corrected chi connectivity index (χ4v) is 5.44. The molecule has 0 bridgehead atoms. The Kier molecular flexibility index (Phi) is 4.31. The van der Waals surface area contributed by atoms with Crippen molar-refractivity contribution >= 4 is 39.0 Å². The normalized spacial score (nSPS) is 22.4. The number of rotatable bonds is 1. The number of hydrogen-bond acceptors (Lipinski definition) is 5. The number of carbonyl (C=O) groups excluding carboxylic acids is 2. The Morgan fingerprint density at radius 2 is 1.97 bits per heavy atom. The van der Waals surface area contributed by atoms with Crippen molar-refractivity contribution in [3.05, 3.63) is 80.7 Å². The topological polar surface area (TPSA) is 99.2 Å². The van der Waals surface area contributed by atoms with Gasteiger partial charge in [-0.3, -0.25) is 14.5 Å². The van der Waals surface area contributed by atoms with Crippen LogP contribution in [-0.2, 0) is 15.0 Å². The number of fused-ring (bicyclic) bond motifs is 3. The summed E-state index contributed by atoms with van der Waals surface area (Å²) in [4.78, 5) is 28.7. The average Bonchev–Trinajstić information content (AvgIpc) is 3.03. The molecule has 6 nitrogen and oxygen atoms in total. The summed E-state index contributed by atoms with van der Waals surface area (Å²) in [5.41, 5.74) is 9.22. The third-order valence-corrected chi connectivity index (χ3v) is 6.95. The van der Waals surface area contributed by atoms with Crippen molar-refractivity contribution in [1.29, 1.82) is 5.26 Å². The van der Waals surface area contributed by atoms with E-state index in [1.54, 1.807) is 17.0 Å². The van der Waals surface area contributed by atoms with Crippen LogP contribution in [0.25, 0.3) is 0 Å². The van der Waals surface area contributed by atoms with Crippen LogP contribution in [0.1, 0.15) is 30.4 Å². The van der Waals surface area contributed by atoms with Crippen LogP contribution in [0.15, 0.2) is 69.6 Å². The molecule has 2 heterocycles. The molecular formula is C24H19BrN4O2. The van der Waals surface area contributed by atoms with E-state index >= 15 is 0 Å². The molecule has 3 aliphatic rings. The lowest BCUT2D eigenvalue weighted by atomic mass is 9.64. The molecule has 1 unspecified atom stereocenters. The number of nitrogens with one attached hydrogen (secondary N) is 1. The maximum Gasteiger partial charge on any atom is 0.245 e. The largest absolute Gasteiger partial charge is 0.384 e. The zero-order valence-corrected chi connectivity index (χ0v) is 18.4. The van der Waals surface area contributed by atoms with Gasteiger partial charge in [-0.15, -0.1) is 0 Å². The number of benzene rings is 2. The first-order valence-electron chi connectivity index (χ1n) is 10.1. The van der Waals surface area contributed by atoms with Crippen molar-refractivity contribution in [2.45, 2.75) is 31.6 Å². The monoisotopic (exact) mass is 474 g/mol. The number of nitrogens with two attached hydrogens (primary N) is 1. The molecular weight excluding hydrogens is 456 g/mol. The number of carbonyl (C=O) groups is 2. The number of anilines is 2. The highest BCUT2D eigenvalue weighted by Gasteiger charge is 2.60. The zero-order valence-electron chi connectivity index (χ0n) is 16.8. The highest BCUT2D eigenvalue weighted by molar-refractivity contribution is 9.10. The molecule has 5 rings (SSSR count). The number of amides is 1. The van der Waals surface area contributed by atoms with Crippen LogP contribution in [0.4, 0.5) is 11.4 Å². The molecule has 31 heavy (non-hydrogen) atoms. The Bertz CT molecular complexity index is 1290. The van der Waals surface area contributed by atoms with E-state index in [-0.39, 0.29) is 17.2 Å². The zero-order chi connectivity index (χ0) is 21.9. The van der Waals surface area contributed by atoms with E-state index in [9.17, 15) is 14.9 Å². The summed E-state index contributed by atoms with van der Waals surface area (Å²) in [6.45, 7) is 1.97. The van der Waals surface area contributed by atoms with Crippen molar-refractivity contribution < 1.29 is 9.59 Å². The SMILES string of the molecule is Cc1ccc(Br)c(N2C(N)=C(C#N)C3(C(=O)Nc4ccccc43)C3=C2CCCC3=O)c1. The number of hydrogen-bond donors (Lipinski definition) is 2. The Morgan fingerprint density at radius 1 is 1.19 bits per heavy atom. The predicted octanol–water partition coefficient (Wildman–Crippen LogP) is 4.17. The lowest BCUT2D eigenvalue weighted by Crippen LogP contribution is -2.50. The van der Waals surface area contributed by atoms with Gasteiger partial charge in [-0.1, -0.05) is 24.3 Å². The predicted molar refractivity (Wildman–Crippen MR) is 121 cm³/mol. The molecule has 2 aromatic carbocycles. The molecule has 7 heteroatoms. The van der Waals surface area contributed by atoms with Gasteiger partial charge in [0.25, 0.3) is 0 Å². The van der Waals surface area contributed by atoms with E-state index in [0.717, 1.165) is 15.7 Å². The Balaban J connectivity index is 1.90. The van der Waals surface area contributed by atoms with Crippen LogP contribution in [0, 0.1) is 18.3 Å². The van der Waals surface area contributed by atoms with Crippen molar-refractivity contribution in [2.24, 2.45) is 5.73 Å². The first-order valence-corrected chi connectivity index (χ1v) is 10.8. The van der Waals surface area contributed by atoms with Gasteiger partial charge < -0.3 is 11.1 Å². The summed E-state index contributed by atoms with van der Waals surface area (Å²) in [6, 6.07) is 15.2. The summed E-state index contributed by atoms with van der Waals surface area (Å²) in [6.07, 6.45) is 1.57. The van der Waals surface area contributed by atoms with Gasteiger partial charge in [0.05, 0.1) is 11.3 Å². The summed E-state index contributed by atoms with van der Waals surface area (Å²) in [7, 11) is 0. The molecule has 2 aliphatic heterocycles. The van der Waals surface area contributed by atoms with E-state index in [0.29, 0.717) is 41.8 Å². The van der Waals surface area contributed by atoms with E-state index in [4.69, 9.17) is 5.73 Å². The number of nitriles is 1. The van der Waals surface area contributed by atoms with E-state index in [2.05, 4.69) is 27.3 Å². The van der Waals surface area contributed by atoms with Gasteiger partial charge in [-0.25, -0.2) is 0 Å². The van der Waals surface area contributed by atoms with Crippen LogP contribution < -0.4 is 16.0 Å². The Morgan fingerprint density at radius 3 is 2.74 bits per heavy atom. The van der Waals surface area contributed by atoms with Gasteiger partial charge >= 0.3 is 0 Å². The quantitative estimate of drug-likeness (QED) is 0.645.